The molecule has 0 atom stereocenters. The van der Waals surface area contributed by atoms with Crippen LogP contribution in [0.3, 0.4) is 0 Å². The third-order valence-corrected chi connectivity index (χ3v) is 4.46. The van der Waals surface area contributed by atoms with E-state index in [1.165, 1.54) is 6.08 Å². The molecule has 1 amide bonds. The lowest BCUT2D eigenvalue weighted by atomic mass is 10.1. The molecule has 1 N–H and O–H groups in total. The van der Waals surface area contributed by atoms with E-state index in [0.717, 1.165) is 29.8 Å². The fourth-order valence-corrected chi connectivity index (χ4v) is 2.76. The number of aryl methyl sites for hydroxylation is 1. The Morgan fingerprint density at radius 3 is 2.56 bits per heavy atom. The summed E-state index contributed by atoms with van der Waals surface area (Å²) in [5.41, 5.74) is 2.55. The van der Waals surface area contributed by atoms with Crippen LogP contribution >= 0.6 is 0 Å². The van der Waals surface area contributed by atoms with Crippen molar-refractivity contribution in [3.63, 3.8) is 0 Å². The van der Waals surface area contributed by atoms with Gasteiger partial charge in [0.05, 0.1) is 6.61 Å². The molecule has 148 valence electrons. The average Bonchev–Trinajstić information content (AvgIpc) is 2.93. The van der Waals surface area contributed by atoms with Crippen LogP contribution in [0.1, 0.15) is 43.6 Å². The first kappa shape index (κ1) is 22.5. The normalized spacial score (nSPS) is 11.4. The number of methoxy groups -OCH3 is 1. The standard InChI is InChI=1S/C20H29N3O4/c1-6-18(7-2)22-19(24)13-27-20(25)17(12-21)11-16-10-14(3)23(15(16)4)8-9-26-5/h10-11,18H,6-9,13H2,1-5H3,(H,22,24)/b17-11+. The summed E-state index contributed by atoms with van der Waals surface area (Å²) < 4.78 is 12.1. The number of carbonyl (C=O) groups is 2. The van der Waals surface area contributed by atoms with Gasteiger partial charge in [-0.25, -0.2) is 4.79 Å². The first-order valence-electron chi connectivity index (χ1n) is 9.11. The molecule has 0 aliphatic rings. The Morgan fingerprint density at radius 1 is 1.33 bits per heavy atom. The zero-order chi connectivity index (χ0) is 20.4. The van der Waals surface area contributed by atoms with E-state index in [-0.39, 0.29) is 17.5 Å². The van der Waals surface area contributed by atoms with E-state index >= 15 is 0 Å². The van der Waals surface area contributed by atoms with Crippen molar-refractivity contribution >= 4 is 18.0 Å². The summed E-state index contributed by atoms with van der Waals surface area (Å²) >= 11 is 0. The SMILES string of the molecule is CCC(CC)NC(=O)COC(=O)/C(C#N)=C/c1cc(C)n(CCOC)c1C. The molecule has 0 aliphatic heterocycles. The van der Waals surface area contributed by atoms with Crippen LogP contribution in [0.15, 0.2) is 11.6 Å². The summed E-state index contributed by atoms with van der Waals surface area (Å²) in [5.74, 6) is -1.18. The average molecular weight is 375 g/mol. The van der Waals surface area contributed by atoms with E-state index in [9.17, 15) is 14.9 Å². The van der Waals surface area contributed by atoms with Gasteiger partial charge in [0.25, 0.3) is 5.91 Å². The molecule has 1 aromatic rings. The van der Waals surface area contributed by atoms with Crippen LogP contribution in [0.25, 0.3) is 6.08 Å². The second-order valence-electron chi connectivity index (χ2n) is 6.30. The molecule has 7 nitrogen and oxygen atoms in total. The Hall–Kier alpha value is -2.59. The number of carbonyl (C=O) groups excluding carboxylic acids is 2. The lowest BCUT2D eigenvalue weighted by molar-refractivity contribution is -0.144. The maximum absolute atomic E-state index is 12.2. The predicted octanol–water partition coefficient (Wildman–Crippen LogP) is 2.51. The summed E-state index contributed by atoms with van der Waals surface area (Å²) in [5, 5.41) is 12.1. The van der Waals surface area contributed by atoms with Gasteiger partial charge in [-0.05, 0) is 44.4 Å². The summed E-state index contributed by atoms with van der Waals surface area (Å²) in [4.78, 5) is 24.0. The number of nitrogens with zero attached hydrogens (tertiary/aromatic N) is 2. The number of esters is 1. The van der Waals surface area contributed by atoms with Crippen LogP contribution in [0.2, 0.25) is 0 Å². The van der Waals surface area contributed by atoms with Crippen LogP contribution in [-0.4, -0.2) is 42.8 Å². The van der Waals surface area contributed by atoms with Gasteiger partial charge in [0.2, 0.25) is 0 Å². The highest BCUT2D eigenvalue weighted by molar-refractivity contribution is 5.99. The molecule has 0 saturated heterocycles. The number of rotatable bonds is 10. The molecule has 0 spiro atoms. The predicted molar refractivity (Wildman–Crippen MR) is 103 cm³/mol. The van der Waals surface area contributed by atoms with Gasteiger partial charge in [0.1, 0.15) is 11.6 Å². The number of amides is 1. The maximum Gasteiger partial charge on any atom is 0.349 e. The molecule has 0 radical (unpaired) electrons. The van der Waals surface area contributed by atoms with E-state index in [4.69, 9.17) is 9.47 Å². The van der Waals surface area contributed by atoms with E-state index in [2.05, 4.69) is 9.88 Å². The molecule has 0 unspecified atom stereocenters. The molecule has 0 bridgehead atoms. The number of nitrogens with one attached hydrogen (secondary N) is 1. The van der Waals surface area contributed by atoms with E-state index in [0.29, 0.717) is 13.2 Å². The van der Waals surface area contributed by atoms with Crippen molar-refractivity contribution < 1.29 is 19.1 Å². The summed E-state index contributed by atoms with van der Waals surface area (Å²) in [6.45, 7) is 8.66. The van der Waals surface area contributed by atoms with E-state index < -0.39 is 12.6 Å². The fourth-order valence-electron chi connectivity index (χ4n) is 2.76. The van der Waals surface area contributed by atoms with Crippen LogP contribution in [0.5, 0.6) is 0 Å². The number of ether oxygens (including phenoxy) is 2. The summed E-state index contributed by atoms with van der Waals surface area (Å²) in [6, 6.07) is 3.81. The van der Waals surface area contributed by atoms with Crippen molar-refractivity contribution in [2.75, 3.05) is 20.3 Å². The molecule has 0 aliphatic carbocycles. The Morgan fingerprint density at radius 2 is 2.00 bits per heavy atom. The molecule has 7 heteroatoms. The molecular formula is C20H29N3O4. The van der Waals surface area contributed by atoms with Gasteiger partial charge in [0, 0.05) is 31.1 Å². The molecule has 1 rings (SSSR count). The van der Waals surface area contributed by atoms with Crippen molar-refractivity contribution in [3.05, 3.63) is 28.6 Å². The minimum absolute atomic E-state index is 0.0553. The van der Waals surface area contributed by atoms with Gasteiger partial charge < -0.3 is 19.4 Å². The van der Waals surface area contributed by atoms with Crippen molar-refractivity contribution in [3.8, 4) is 6.07 Å². The Balaban J connectivity index is 2.81. The van der Waals surface area contributed by atoms with Crippen LogP contribution in [0, 0.1) is 25.2 Å². The quantitative estimate of drug-likeness (QED) is 0.385. The lowest BCUT2D eigenvalue weighted by Gasteiger charge is -2.14. The zero-order valence-corrected chi connectivity index (χ0v) is 16.8. The molecule has 1 heterocycles. The smallest absolute Gasteiger partial charge is 0.349 e. The third kappa shape index (κ3) is 6.57. The zero-order valence-electron chi connectivity index (χ0n) is 16.8. The minimum Gasteiger partial charge on any atom is -0.451 e. The first-order chi connectivity index (χ1) is 12.9. The molecule has 1 aromatic heterocycles. The van der Waals surface area contributed by atoms with Gasteiger partial charge >= 0.3 is 5.97 Å². The second kappa shape index (κ2) is 11.2. The summed E-state index contributed by atoms with van der Waals surface area (Å²) in [7, 11) is 1.64. The van der Waals surface area contributed by atoms with Crippen LogP contribution in [0.4, 0.5) is 0 Å². The topological polar surface area (TPSA) is 93.4 Å². The first-order valence-corrected chi connectivity index (χ1v) is 9.11. The minimum atomic E-state index is -0.807. The fraction of sp³-hybridized carbons (Fsp3) is 0.550. The Kier molecular flexibility index (Phi) is 9.31. The molecule has 0 saturated carbocycles. The number of hydrogen-bond acceptors (Lipinski definition) is 5. The molecule has 0 aromatic carbocycles. The van der Waals surface area contributed by atoms with E-state index in [1.54, 1.807) is 7.11 Å². The third-order valence-electron chi connectivity index (χ3n) is 4.46. The van der Waals surface area contributed by atoms with Gasteiger partial charge in [-0.15, -0.1) is 0 Å². The largest absolute Gasteiger partial charge is 0.451 e. The van der Waals surface area contributed by atoms with Crippen LogP contribution in [-0.2, 0) is 25.6 Å². The highest BCUT2D eigenvalue weighted by atomic mass is 16.5. The van der Waals surface area contributed by atoms with Gasteiger partial charge in [-0.3, -0.25) is 4.79 Å². The summed E-state index contributed by atoms with van der Waals surface area (Å²) in [6.07, 6.45) is 3.10. The number of nitriles is 1. The number of aromatic nitrogens is 1. The van der Waals surface area contributed by atoms with E-state index in [1.807, 2.05) is 39.8 Å². The van der Waals surface area contributed by atoms with Gasteiger partial charge in [-0.2, -0.15) is 5.26 Å². The monoisotopic (exact) mass is 375 g/mol. The van der Waals surface area contributed by atoms with Gasteiger partial charge in [0.15, 0.2) is 6.61 Å². The Labute approximate surface area is 160 Å². The molecule has 27 heavy (non-hydrogen) atoms. The van der Waals surface area contributed by atoms with Gasteiger partial charge in [-0.1, -0.05) is 13.8 Å². The highest BCUT2D eigenvalue weighted by Gasteiger charge is 2.16. The number of hydrogen-bond donors (Lipinski definition) is 1. The van der Waals surface area contributed by atoms with Crippen molar-refractivity contribution in [2.24, 2.45) is 0 Å². The van der Waals surface area contributed by atoms with Crippen molar-refractivity contribution in [1.82, 2.24) is 9.88 Å². The molecule has 0 fully saturated rings. The van der Waals surface area contributed by atoms with Crippen molar-refractivity contribution in [1.29, 1.82) is 5.26 Å². The highest BCUT2D eigenvalue weighted by Crippen LogP contribution is 2.18. The van der Waals surface area contributed by atoms with Crippen LogP contribution < -0.4 is 5.32 Å². The van der Waals surface area contributed by atoms with Crippen molar-refractivity contribution in [2.45, 2.75) is 53.1 Å². The Bertz CT molecular complexity index is 724. The maximum atomic E-state index is 12.2. The lowest BCUT2D eigenvalue weighted by Crippen LogP contribution is -2.37. The molecular weight excluding hydrogens is 346 g/mol. The second-order valence-corrected chi connectivity index (χ2v) is 6.30.